The highest BCUT2D eigenvalue weighted by atomic mass is 32.1. The Morgan fingerprint density at radius 3 is 2.47 bits per heavy atom. The van der Waals surface area contributed by atoms with E-state index in [0.717, 1.165) is 36.5 Å². The van der Waals surface area contributed by atoms with E-state index >= 15 is 0 Å². The van der Waals surface area contributed by atoms with Crippen LogP contribution < -0.4 is 19.9 Å². The van der Waals surface area contributed by atoms with E-state index in [2.05, 4.69) is 17.4 Å². The maximum atomic E-state index is 13.4. The molecule has 2 aliphatic rings. The van der Waals surface area contributed by atoms with Crippen molar-refractivity contribution in [3.63, 3.8) is 0 Å². The van der Waals surface area contributed by atoms with E-state index in [-0.39, 0.29) is 18.1 Å². The molecule has 0 saturated carbocycles. The fourth-order valence-corrected chi connectivity index (χ4v) is 4.63. The Balaban J connectivity index is 1.57. The van der Waals surface area contributed by atoms with E-state index in [0.29, 0.717) is 11.5 Å². The minimum atomic E-state index is -0.217. The summed E-state index contributed by atoms with van der Waals surface area (Å²) in [6.07, 6.45) is 5.71. The number of carbonyl (C=O) groups excluding carboxylic acids is 1. The van der Waals surface area contributed by atoms with Crippen molar-refractivity contribution >= 4 is 22.9 Å². The van der Waals surface area contributed by atoms with Gasteiger partial charge in [0.25, 0.3) is 5.91 Å². The van der Waals surface area contributed by atoms with Crippen LogP contribution in [-0.2, 0) is 0 Å². The Morgan fingerprint density at radius 1 is 1.17 bits per heavy atom. The largest absolute Gasteiger partial charge is 0.497 e. The molecule has 1 amide bonds. The van der Waals surface area contributed by atoms with Crippen molar-refractivity contribution in [1.29, 1.82) is 0 Å². The van der Waals surface area contributed by atoms with Crippen molar-refractivity contribution < 1.29 is 14.3 Å². The van der Waals surface area contributed by atoms with Crippen LogP contribution in [0.3, 0.4) is 0 Å². The second-order valence-electron chi connectivity index (χ2n) is 7.58. The summed E-state index contributed by atoms with van der Waals surface area (Å²) in [4.78, 5) is 18.5. The van der Waals surface area contributed by atoms with E-state index < -0.39 is 0 Å². The summed E-state index contributed by atoms with van der Waals surface area (Å²) in [5, 5.41) is 3.87. The number of thiophene rings is 1. The molecule has 1 N–H and O–H groups in total. The van der Waals surface area contributed by atoms with E-state index in [1.54, 1.807) is 14.2 Å². The molecular formula is C22H28N4O3S. The second-order valence-corrected chi connectivity index (χ2v) is 8.53. The van der Waals surface area contributed by atoms with Crippen LogP contribution in [0.25, 0.3) is 0 Å². The normalized spacial score (nSPS) is 19.8. The lowest BCUT2D eigenvalue weighted by atomic mass is 10.0. The number of piperidine rings is 1. The highest BCUT2D eigenvalue weighted by molar-refractivity contribution is 7.12. The maximum absolute atomic E-state index is 13.4. The Labute approximate surface area is 181 Å². The van der Waals surface area contributed by atoms with Crippen LogP contribution in [0.1, 0.15) is 22.5 Å². The molecule has 1 unspecified atom stereocenters. The van der Waals surface area contributed by atoms with Crippen molar-refractivity contribution in [1.82, 2.24) is 15.2 Å². The van der Waals surface area contributed by atoms with Gasteiger partial charge in [0.2, 0.25) is 0 Å². The van der Waals surface area contributed by atoms with Crippen molar-refractivity contribution in [2.24, 2.45) is 0 Å². The Morgan fingerprint density at radius 2 is 1.87 bits per heavy atom. The molecule has 7 nitrogen and oxygen atoms in total. The lowest BCUT2D eigenvalue weighted by Gasteiger charge is -2.40. The van der Waals surface area contributed by atoms with Crippen molar-refractivity contribution in [3.05, 3.63) is 52.9 Å². The summed E-state index contributed by atoms with van der Waals surface area (Å²) in [7, 11) is 5.40. The number of hydrogen-bond acceptors (Lipinski definition) is 7. The minimum absolute atomic E-state index is 0.0757. The highest BCUT2D eigenvalue weighted by Crippen LogP contribution is 2.30. The SMILES string of the molecule is COc1cc(OC)cc(N2C=CC(N(C(=O)c3cccs3)C3CCN(C)CC3)N2)c1. The summed E-state index contributed by atoms with van der Waals surface area (Å²) in [5.74, 6) is 1.50. The third-order valence-corrected chi connectivity index (χ3v) is 6.51. The smallest absolute Gasteiger partial charge is 0.265 e. The third-order valence-electron chi connectivity index (χ3n) is 5.65. The van der Waals surface area contributed by atoms with Gasteiger partial charge < -0.3 is 19.3 Å². The first-order valence-corrected chi connectivity index (χ1v) is 11.0. The number of methoxy groups -OCH3 is 2. The molecule has 0 radical (unpaired) electrons. The van der Waals surface area contributed by atoms with Gasteiger partial charge in [-0.25, -0.2) is 5.43 Å². The fourth-order valence-electron chi connectivity index (χ4n) is 3.96. The standard InChI is InChI=1S/C22H28N4O3S/c1-24-9-6-16(7-10-24)26(22(27)20-5-4-12-30-20)21-8-11-25(23-21)17-13-18(28-2)15-19(14-17)29-3/h4-5,8,11-16,21,23H,6-7,9-10H2,1-3H3. The Bertz CT molecular complexity index is 872. The maximum Gasteiger partial charge on any atom is 0.265 e. The molecule has 30 heavy (non-hydrogen) atoms. The lowest BCUT2D eigenvalue weighted by Crippen LogP contribution is -2.56. The number of anilines is 1. The van der Waals surface area contributed by atoms with Crippen LogP contribution in [0.15, 0.2) is 48.0 Å². The summed E-state index contributed by atoms with van der Waals surface area (Å²) in [6, 6.07) is 9.73. The first-order chi connectivity index (χ1) is 14.6. The molecule has 1 atom stereocenters. The fraction of sp³-hybridized carbons (Fsp3) is 0.409. The predicted molar refractivity (Wildman–Crippen MR) is 119 cm³/mol. The van der Waals surface area contributed by atoms with Gasteiger partial charge in [-0.15, -0.1) is 11.3 Å². The zero-order chi connectivity index (χ0) is 21.1. The van der Waals surface area contributed by atoms with Crippen LogP contribution in [0.4, 0.5) is 5.69 Å². The number of nitrogens with zero attached hydrogens (tertiary/aromatic N) is 3. The van der Waals surface area contributed by atoms with E-state index in [4.69, 9.17) is 9.47 Å². The first-order valence-electron chi connectivity index (χ1n) is 10.1. The average Bonchev–Trinajstić information content (AvgIpc) is 3.47. The van der Waals surface area contributed by atoms with Crippen LogP contribution >= 0.6 is 11.3 Å². The third kappa shape index (κ3) is 4.30. The highest BCUT2D eigenvalue weighted by Gasteiger charge is 2.35. The Kier molecular flexibility index (Phi) is 6.26. The molecule has 3 heterocycles. The van der Waals surface area contributed by atoms with Gasteiger partial charge in [-0.2, -0.15) is 0 Å². The average molecular weight is 429 g/mol. The number of rotatable bonds is 6. The molecule has 8 heteroatoms. The Hall–Kier alpha value is -2.55. The van der Waals surface area contributed by atoms with Crippen LogP contribution in [0.5, 0.6) is 11.5 Å². The molecule has 0 aliphatic carbocycles. The number of hydrogen-bond donors (Lipinski definition) is 1. The molecule has 1 fully saturated rings. The molecule has 0 spiro atoms. The summed E-state index contributed by atoms with van der Waals surface area (Å²) >= 11 is 1.49. The summed E-state index contributed by atoms with van der Waals surface area (Å²) in [6.45, 7) is 1.98. The van der Waals surface area contributed by atoms with Gasteiger partial charge in [-0.05, 0) is 50.5 Å². The molecule has 160 valence electrons. The number of nitrogens with one attached hydrogen (secondary N) is 1. The zero-order valence-corrected chi connectivity index (χ0v) is 18.4. The molecule has 1 aromatic carbocycles. The molecule has 1 saturated heterocycles. The topological polar surface area (TPSA) is 57.3 Å². The van der Waals surface area contributed by atoms with Gasteiger partial charge in [0.15, 0.2) is 0 Å². The van der Waals surface area contributed by atoms with Gasteiger partial charge in [-0.1, -0.05) is 6.07 Å². The second kappa shape index (κ2) is 9.07. The molecule has 0 bridgehead atoms. The summed E-state index contributed by atoms with van der Waals surface area (Å²) < 4.78 is 10.8. The van der Waals surface area contributed by atoms with E-state index in [1.165, 1.54) is 11.3 Å². The van der Waals surface area contributed by atoms with E-state index in [1.807, 2.05) is 57.9 Å². The number of hydrazine groups is 1. The molecule has 2 aromatic rings. The van der Waals surface area contributed by atoms with Crippen molar-refractivity contribution in [2.45, 2.75) is 25.0 Å². The number of benzene rings is 1. The van der Waals surface area contributed by atoms with Crippen LogP contribution in [-0.4, -0.2) is 62.3 Å². The molecule has 1 aromatic heterocycles. The number of ether oxygens (including phenoxy) is 2. The van der Waals surface area contributed by atoms with Crippen molar-refractivity contribution in [2.75, 3.05) is 39.4 Å². The minimum Gasteiger partial charge on any atom is -0.497 e. The van der Waals surface area contributed by atoms with E-state index in [9.17, 15) is 4.79 Å². The van der Waals surface area contributed by atoms with Gasteiger partial charge in [0.1, 0.15) is 17.7 Å². The quantitative estimate of drug-likeness (QED) is 0.763. The van der Waals surface area contributed by atoms with Crippen LogP contribution in [0, 0.1) is 0 Å². The van der Waals surface area contributed by atoms with Gasteiger partial charge >= 0.3 is 0 Å². The monoisotopic (exact) mass is 428 g/mol. The van der Waals surface area contributed by atoms with Gasteiger partial charge in [0.05, 0.1) is 24.8 Å². The van der Waals surface area contributed by atoms with Gasteiger partial charge in [0, 0.05) is 30.4 Å². The lowest BCUT2D eigenvalue weighted by molar-refractivity contribution is 0.0492. The zero-order valence-electron chi connectivity index (χ0n) is 17.6. The molecule has 2 aliphatic heterocycles. The first kappa shape index (κ1) is 20.7. The molecule has 4 rings (SSSR count). The molecular weight excluding hydrogens is 400 g/mol. The predicted octanol–water partition coefficient (Wildman–Crippen LogP) is 3.17. The summed E-state index contributed by atoms with van der Waals surface area (Å²) in [5.41, 5.74) is 4.35. The van der Waals surface area contributed by atoms with Crippen molar-refractivity contribution in [3.8, 4) is 11.5 Å². The number of likely N-dealkylation sites (tertiary alicyclic amines) is 1. The number of amides is 1. The van der Waals surface area contributed by atoms with Crippen LogP contribution in [0.2, 0.25) is 0 Å². The number of carbonyl (C=O) groups is 1. The van der Waals surface area contributed by atoms with Gasteiger partial charge in [-0.3, -0.25) is 9.80 Å².